The molecule has 1 saturated heterocycles. The first-order chi connectivity index (χ1) is 10.3. The molecule has 0 aliphatic carbocycles. The molecule has 22 heavy (non-hydrogen) atoms. The van der Waals surface area contributed by atoms with Crippen LogP contribution >= 0.6 is 0 Å². The second-order valence-electron chi connectivity index (χ2n) is 4.83. The predicted octanol–water partition coefficient (Wildman–Crippen LogP) is -0.305. The Morgan fingerprint density at radius 2 is 1.82 bits per heavy atom. The third-order valence-electron chi connectivity index (χ3n) is 2.98. The maximum absolute atomic E-state index is 14.5. The average molecular weight is 321 g/mol. The topological polar surface area (TPSA) is 100 Å². The van der Waals surface area contributed by atoms with E-state index < -0.39 is 48.6 Å². The molecule has 0 saturated carbocycles. The van der Waals surface area contributed by atoms with Gasteiger partial charge < -0.3 is 24.3 Å². The van der Waals surface area contributed by atoms with E-state index in [9.17, 15) is 18.8 Å². The molecule has 1 rings (SSSR count). The Hall–Kier alpha value is -1.74. The van der Waals surface area contributed by atoms with Gasteiger partial charge in [-0.25, -0.2) is 4.39 Å². The Bertz CT molecular complexity index is 431. The minimum Gasteiger partial charge on any atom is -0.463 e. The highest BCUT2D eigenvalue weighted by atomic mass is 19.1. The quantitative estimate of drug-likeness (QED) is 0.694. The summed E-state index contributed by atoms with van der Waals surface area (Å²) in [4.78, 5) is 33.3. The maximum atomic E-state index is 14.5. The van der Waals surface area contributed by atoms with Crippen molar-refractivity contribution in [3.05, 3.63) is 0 Å². The summed E-state index contributed by atoms with van der Waals surface area (Å²) in [5.74, 6) is -1.78. The zero-order valence-electron chi connectivity index (χ0n) is 12.8. The van der Waals surface area contributed by atoms with Gasteiger partial charge in [0.05, 0.1) is 0 Å². The average Bonchev–Trinajstić information content (AvgIpc) is 2.41. The van der Waals surface area contributed by atoms with Gasteiger partial charge in [0.1, 0.15) is 18.8 Å². The highest BCUT2D eigenvalue weighted by Crippen LogP contribution is 2.27. The Morgan fingerprint density at radius 1 is 1.18 bits per heavy atom. The number of amides is 1. The first kappa shape index (κ1) is 18.3. The van der Waals surface area contributed by atoms with E-state index >= 15 is 0 Å². The molecule has 1 fully saturated rings. The number of rotatable bonds is 5. The molecular formula is C13H20FNO7. The van der Waals surface area contributed by atoms with Gasteiger partial charge in [0.25, 0.3) is 0 Å². The minimum atomic E-state index is -1.80. The van der Waals surface area contributed by atoms with E-state index in [0.29, 0.717) is 0 Å². The van der Waals surface area contributed by atoms with Gasteiger partial charge in [-0.3, -0.25) is 14.4 Å². The fourth-order valence-corrected chi connectivity index (χ4v) is 2.14. The molecule has 0 spiro atoms. The molecule has 0 aromatic carbocycles. The summed E-state index contributed by atoms with van der Waals surface area (Å²) >= 11 is 0. The number of halogens is 1. The molecule has 1 N–H and O–H groups in total. The van der Waals surface area contributed by atoms with E-state index in [-0.39, 0.29) is 6.61 Å². The lowest BCUT2D eigenvalue weighted by Crippen LogP contribution is -2.64. The van der Waals surface area contributed by atoms with Gasteiger partial charge in [0.2, 0.25) is 5.91 Å². The van der Waals surface area contributed by atoms with Gasteiger partial charge >= 0.3 is 11.9 Å². The Kier molecular flexibility index (Phi) is 6.69. The number of ether oxygens (including phenoxy) is 4. The third kappa shape index (κ3) is 4.92. The van der Waals surface area contributed by atoms with Crippen molar-refractivity contribution in [3.63, 3.8) is 0 Å². The fraction of sp³-hybridized carbons (Fsp3) is 0.769. The smallest absolute Gasteiger partial charge is 0.303 e. The van der Waals surface area contributed by atoms with Gasteiger partial charge in [0, 0.05) is 27.9 Å². The number of nitrogens with one attached hydrogen (secondary N) is 1. The van der Waals surface area contributed by atoms with Crippen LogP contribution in [-0.4, -0.2) is 62.3 Å². The largest absolute Gasteiger partial charge is 0.463 e. The number of carbonyl (C=O) groups excluding carboxylic acids is 3. The van der Waals surface area contributed by atoms with Crippen molar-refractivity contribution in [2.75, 3.05) is 13.7 Å². The van der Waals surface area contributed by atoms with Crippen LogP contribution in [0.1, 0.15) is 20.8 Å². The number of methoxy groups -OCH3 is 1. The summed E-state index contributed by atoms with van der Waals surface area (Å²) in [6.07, 6.45) is -5.35. The fourth-order valence-electron chi connectivity index (χ4n) is 2.14. The van der Waals surface area contributed by atoms with Gasteiger partial charge in [-0.15, -0.1) is 0 Å². The van der Waals surface area contributed by atoms with Crippen LogP contribution < -0.4 is 5.32 Å². The van der Waals surface area contributed by atoms with E-state index in [1.165, 1.54) is 21.0 Å². The molecule has 0 unspecified atom stereocenters. The number of hydrogen-bond donors (Lipinski definition) is 1. The molecule has 8 nitrogen and oxygen atoms in total. The first-order valence-corrected chi connectivity index (χ1v) is 6.66. The molecule has 0 radical (unpaired) electrons. The maximum Gasteiger partial charge on any atom is 0.303 e. The summed E-state index contributed by atoms with van der Waals surface area (Å²) in [5, 5.41) is 2.44. The highest BCUT2D eigenvalue weighted by molar-refractivity contribution is 5.73. The van der Waals surface area contributed by atoms with Crippen molar-refractivity contribution in [3.8, 4) is 0 Å². The van der Waals surface area contributed by atoms with Gasteiger partial charge in [-0.05, 0) is 0 Å². The summed E-state index contributed by atoms with van der Waals surface area (Å²) in [6, 6.07) is -1.02. The lowest BCUT2D eigenvalue weighted by molar-refractivity contribution is -0.256. The van der Waals surface area contributed by atoms with E-state index in [1.54, 1.807) is 0 Å². The van der Waals surface area contributed by atoms with Crippen molar-refractivity contribution in [1.29, 1.82) is 0 Å². The first-order valence-electron chi connectivity index (χ1n) is 6.66. The van der Waals surface area contributed by atoms with E-state index in [0.717, 1.165) is 6.92 Å². The molecule has 126 valence electrons. The number of alkyl halides is 1. The van der Waals surface area contributed by atoms with Crippen LogP contribution in [0.2, 0.25) is 0 Å². The number of esters is 2. The molecule has 0 aromatic heterocycles. The van der Waals surface area contributed by atoms with Crippen LogP contribution in [0.25, 0.3) is 0 Å². The zero-order chi connectivity index (χ0) is 16.9. The summed E-state index contributed by atoms with van der Waals surface area (Å²) in [7, 11) is 1.30. The molecule has 0 aromatic rings. The molecule has 1 heterocycles. The van der Waals surface area contributed by atoms with Crippen LogP contribution in [0.4, 0.5) is 4.39 Å². The normalized spacial score (nSPS) is 31.2. The van der Waals surface area contributed by atoms with Gasteiger partial charge in [0.15, 0.2) is 18.6 Å². The number of hydrogen-bond acceptors (Lipinski definition) is 7. The van der Waals surface area contributed by atoms with Crippen molar-refractivity contribution < 1.29 is 37.7 Å². The molecule has 5 atom stereocenters. The van der Waals surface area contributed by atoms with Crippen LogP contribution in [0, 0.1) is 0 Å². The Morgan fingerprint density at radius 3 is 2.27 bits per heavy atom. The molecule has 1 amide bonds. The zero-order valence-corrected chi connectivity index (χ0v) is 12.8. The van der Waals surface area contributed by atoms with Crippen LogP contribution in [-0.2, 0) is 33.3 Å². The molecule has 0 bridgehead atoms. The standard InChI is InChI=1S/C13H20FNO7/c1-6(16)15-11-12(21-8(3)18)10(14)9(5-20-7(2)17)22-13(11)19-4/h9-13H,5H2,1-4H3,(H,15,16)/t9-,10-,11-,12+,13-/m1/s1. The molecular weight excluding hydrogens is 301 g/mol. The van der Waals surface area contributed by atoms with Crippen LogP contribution in [0.3, 0.4) is 0 Å². The van der Waals surface area contributed by atoms with Crippen molar-refractivity contribution in [1.82, 2.24) is 5.32 Å². The Balaban J connectivity index is 2.95. The van der Waals surface area contributed by atoms with E-state index in [4.69, 9.17) is 18.9 Å². The van der Waals surface area contributed by atoms with E-state index in [1.807, 2.05) is 0 Å². The third-order valence-corrected chi connectivity index (χ3v) is 2.98. The van der Waals surface area contributed by atoms with Crippen LogP contribution in [0.5, 0.6) is 0 Å². The highest BCUT2D eigenvalue weighted by Gasteiger charge is 2.49. The SMILES string of the molecule is CO[C@@H]1O[C@H](COC(C)=O)[C@@H](F)[C@H](OC(C)=O)[C@H]1NC(C)=O. The lowest BCUT2D eigenvalue weighted by atomic mass is 9.97. The number of carbonyl (C=O) groups is 3. The predicted molar refractivity (Wildman–Crippen MR) is 70.4 cm³/mol. The van der Waals surface area contributed by atoms with Gasteiger partial charge in [-0.1, -0.05) is 0 Å². The van der Waals surface area contributed by atoms with Crippen molar-refractivity contribution in [2.45, 2.75) is 51.5 Å². The monoisotopic (exact) mass is 321 g/mol. The van der Waals surface area contributed by atoms with Crippen molar-refractivity contribution in [2.24, 2.45) is 0 Å². The summed E-state index contributed by atoms with van der Waals surface area (Å²) in [6.45, 7) is 3.17. The molecule has 1 aliphatic rings. The minimum absolute atomic E-state index is 0.360. The Labute approximate surface area is 127 Å². The second-order valence-corrected chi connectivity index (χ2v) is 4.83. The molecule has 1 aliphatic heterocycles. The van der Waals surface area contributed by atoms with E-state index in [2.05, 4.69) is 5.32 Å². The van der Waals surface area contributed by atoms with Crippen LogP contribution in [0.15, 0.2) is 0 Å². The van der Waals surface area contributed by atoms with Crippen molar-refractivity contribution >= 4 is 17.8 Å². The lowest BCUT2D eigenvalue weighted by Gasteiger charge is -2.42. The summed E-state index contributed by atoms with van der Waals surface area (Å²) < 4.78 is 34.6. The van der Waals surface area contributed by atoms with Gasteiger partial charge in [-0.2, -0.15) is 0 Å². The molecule has 9 heteroatoms. The summed E-state index contributed by atoms with van der Waals surface area (Å²) in [5.41, 5.74) is 0. The second kappa shape index (κ2) is 8.04.